The van der Waals surface area contributed by atoms with E-state index >= 15 is 0 Å². The van der Waals surface area contributed by atoms with Crippen molar-refractivity contribution in [3.63, 3.8) is 0 Å². The summed E-state index contributed by atoms with van der Waals surface area (Å²) in [4.78, 5) is 23.0. The Kier molecular flexibility index (Phi) is 4.76. The number of ether oxygens (including phenoxy) is 1. The van der Waals surface area contributed by atoms with Crippen LogP contribution in [0.2, 0.25) is 0 Å². The Labute approximate surface area is 134 Å². The maximum absolute atomic E-state index is 12.9. The molecule has 1 aromatic carbocycles. The number of carboxylic acids is 1. The number of carbonyl (C=O) groups excluding carboxylic acids is 1. The van der Waals surface area contributed by atoms with Crippen LogP contribution in [-0.2, 0) is 19.6 Å². The van der Waals surface area contributed by atoms with Crippen molar-refractivity contribution in [2.75, 3.05) is 13.7 Å². The first-order chi connectivity index (χ1) is 10.7. The van der Waals surface area contributed by atoms with Gasteiger partial charge in [0.2, 0.25) is 10.0 Å². The molecule has 0 aliphatic carbocycles. The molecule has 1 heterocycles. The molecular formula is C15H19NO6S. The second kappa shape index (κ2) is 6.29. The fourth-order valence-electron chi connectivity index (χ4n) is 2.73. The standard InChI is InChI=1S/C15H19NO6S/c1-9-7-11(15(19)22-3)8-13(10(9)2)23(20,21)16-6-4-5-12(16)14(17)18/h7-8,12H,4-6H2,1-3H3,(H,17,18). The van der Waals surface area contributed by atoms with Crippen LogP contribution in [0.1, 0.15) is 34.3 Å². The van der Waals surface area contributed by atoms with Gasteiger partial charge in [-0.2, -0.15) is 4.31 Å². The van der Waals surface area contributed by atoms with E-state index in [1.807, 2.05) is 0 Å². The zero-order valence-corrected chi connectivity index (χ0v) is 14.0. The van der Waals surface area contributed by atoms with Gasteiger partial charge in [-0.15, -0.1) is 0 Å². The maximum atomic E-state index is 12.9. The summed E-state index contributed by atoms with van der Waals surface area (Å²) in [5.41, 5.74) is 1.24. The van der Waals surface area contributed by atoms with E-state index in [0.29, 0.717) is 17.5 Å². The first-order valence-corrected chi connectivity index (χ1v) is 8.58. The number of hydrogen-bond donors (Lipinski definition) is 1. The summed E-state index contributed by atoms with van der Waals surface area (Å²) in [6.45, 7) is 3.48. The molecule has 126 valence electrons. The Bertz CT molecular complexity index is 755. The highest BCUT2D eigenvalue weighted by atomic mass is 32.2. The molecule has 1 aliphatic heterocycles. The number of benzene rings is 1. The van der Waals surface area contributed by atoms with E-state index in [2.05, 4.69) is 4.74 Å². The zero-order valence-electron chi connectivity index (χ0n) is 13.2. The summed E-state index contributed by atoms with van der Waals surface area (Å²) in [6, 6.07) is 1.74. The van der Waals surface area contributed by atoms with E-state index < -0.39 is 28.0 Å². The molecule has 2 rings (SSSR count). The van der Waals surface area contributed by atoms with Gasteiger partial charge in [0, 0.05) is 6.54 Å². The van der Waals surface area contributed by atoms with Gasteiger partial charge >= 0.3 is 11.9 Å². The lowest BCUT2D eigenvalue weighted by Gasteiger charge is -2.23. The van der Waals surface area contributed by atoms with Crippen molar-refractivity contribution < 1.29 is 27.9 Å². The molecule has 8 heteroatoms. The monoisotopic (exact) mass is 341 g/mol. The van der Waals surface area contributed by atoms with E-state index in [4.69, 9.17) is 0 Å². The zero-order chi connectivity index (χ0) is 17.4. The number of sulfonamides is 1. The number of aliphatic carboxylic acids is 1. The first-order valence-electron chi connectivity index (χ1n) is 7.14. The lowest BCUT2D eigenvalue weighted by Crippen LogP contribution is -2.40. The molecule has 0 bridgehead atoms. The predicted molar refractivity (Wildman–Crippen MR) is 81.8 cm³/mol. The highest BCUT2D eigenvalue weighted by molar-refractivity contribution is 7.89. The molecule has 23 heavy (non-hydrogen) atoms. The van der Waals surface area contributed by atoms with Crippen LogP contribution in [0.15, 0.2) is 17.0 Å². The summed E-state index contributed by atoms with van der Waals surface area (Å²) in [7, 11) is -2.79. The van der Waals surface area contributed by atoms with Crippen LogP contribution < -0.4 is 0 Å². The van der Waals surface area contributed by atoms with Gasteiger partial charge in [0.05, 0.1) is 17.6 Å². The average molecular weight is 341 g/mol. The smallest absolute Gasteiger partial charge is 0.337 e. The SMILES string of the molecule is COC(=O)c1cc(C)c(C)c(S(=O)(=O)N2CCCC2C(=O)O)c1. The third-order valence-electron chi connectivity index (χ3n) is 4.12. The number of carbonyl (C=O) groups is 2. The summed E-state index contributed by atoms with van der Waals surface area (Å²) >= 11 is 0. The third kappa shape index (κ3) is 3.09. The molecule has 0 saturated carbocycles. The van der Waals surface area contributed by atoms with Crippen molar-refractivity contribution in [3.8, 4) is 0 Å². The summed E-state index contributed by atoms with van der Waals surface area (Å²) in [6.07, 6.45) is 0.772. The molecule has 1 fully saturated rings. The highest BCUT2D eigenvalue weighted by Gasteiger charge is 2.40. The van der Waals surface area contributed by atoms with Crippen molar-refractivity contribution in [3.05, 3.63) is 28.8 Å². The second-order valence-corrected chi connectivity index (χ2v) is 7.38. The van der Waals surface area contributed by atoms with Crippen LogP contribution in [-0.4, -0.2) is 49.5 Å². The lowest BCUT2D eigenvalue weighted by atomic mass is 10.1. The molecule has 0 spiro atoms. The minimum atomic E-state index is -4.01. The number of methoxy groups -OCH3 is 1. The van der Waals surface area contributed by atoms with Gasteiger partial charge < -0.3 is 9.84 Å². The third-order valence-corrected chi connectivity index (χ3v) is 6.15. The molecule has 0 aromatic heterocycles. The highest BCUT2D eigenvalue weighted by Crippen LogP contribution is 2.30. The Morgan fingerprint density at radius 3 is 2.52 bits per heavy atom. The molecule has 1 aliphatic rings. The van der Waals surface area contributed by atoms with Gasteiger partial charge in [0.15, 0.2) is 0 Å². The molecule has 1 N–H and O–H groups in total. The number of hydrogen-bond acceptors (Lipinski definition) is 5. The van der Waals surface area contributed by atoms with Crippen LogP contribution in [0.5, 0.6) is 0 Å². The van der Waals surface area contributed by atoms with Gasteiger partial charge in [-0.1, -0.05) is 0 Å². The maximum Gasteiger partial charge on any atom is 0.337 e. The fraction of sp³-hybridized carbons (Fsp3) is 0.467. The quantitative estimate of drug-likeness (QED) is 0.829. The molecule has 1 atom stereocenters. The van der Waals surface area contributed by atoms with Gasteiger partial charge in [0.25, 0.3) is 0 Å². The Balaban J connectivity index is 2.57. The van der Waals surface area contributed by atoms with Crippen molar-refractivity contribution >= 4 is 22.0 Å². The van der Waals surface area contributed by atoms with E-state index in [9.17, 15) is 23.1 Å². The molecule has 1 unspecified atom stereocenters. The van der Waals surface area contributed by atoms with Gasteiger partial charge in [-0.25, -0.2) is 13.2 Å². The van der Waals surface area contributed by atoms with Crippen molar-refractivity contribution in [2.45, 2.75) is 37.6 Å². The summed E-state index contributed by atoms with van der Waals surface area (Å²) < 4.78 is 31.4. The van der Waals surface area contributed by atoms with Crippen LogP contribution in [0.4, 0.5) is 0 Å². The van der Waals surface area contributed by atoms with Crippen molar-refractivity contribution in [1.82, 2.24) is 4.31 Å². The normalized spacial score (nSPS) is 18.8. The number of aryl methyl sites for hydroxylation is 1. The van der Waals surface area contributed by atoms with E-state index in [1.54, 1.807) is 19.9 Å². The molecular weight excluding hydrogens is 322 g/mol. The van der Waals surface area contributed by atoms with E-state index in [0.717, 1.165) is 4.31 Å². The average Bonchev–Trinajstić information content (AvgIpc) is 2.99. The molecule has 1 aromatic rings. The number of carboxylic acid groups (broad SMARTS) is 1. The topological polar surface area (TPSA) is 101 Å². The predicted octanol–water partition coefficient (Wildman–Crippen LogP) is 1.33. The van der Waals surface area contributed by atoms with Gasteiger partial charge in [-0.3, -0.25) is 4.79 Å². The van der Waals surface area contributed by atoms with Crippen molar-refractivity contribution in [2.24, 2.45) is 0 Å². The fourth-order valence-corrected chi connectivity index (χ4v) is 4.71. The van der Waals surface area contributed by atoms with Crippen LogP contribution in [0, 0.1) is 13.8 Å². The molecule has 0 amide bonds. The van der Waals surface area contributed by atoms with Crippen LogP contribution >= 0.6 is 0 Å². The second-order valence-electron chi connectivity index (χ2n) is 5.52. The summed E-state index contributed by atoms with van der Waals surface area (Å²) in [5.74, 6) is -1.80. The Hall–Kier alpha value is -1.93. The largest absolute Gasteiger partial charge is 0.480 e. The van der Waals surface area contributed by atoms with Gasteiger partial charge in [0.1, 0.15) is 6.04 Å². The van der Waals surface area contributed by atoms with Crippen molar-refractivity contribution in [1.29, 1.82) is 0 Å². The minimum Gasteiger partial charge on any atom is -0.480 e. The number of esters is 1. The van der Waals surface area contributed by atoms with Gasteiger partial charge in [-0.05, 0) is 49.9 Å². The van der Waals surface area contributed by atoms with Crippen LogP contribution in [0.3, 0.4) is 0 Å². The molecule has 0 radical (unpaired) electrons. The molecule has 1 saturated heterocycles. The molecule has 7 nitrogen and oxygen atoms in total. The Morgan fingerprint density at radius 1 is 1.30 bits per heavy atom. The minimum absolute atomic E-state index is 0.0500. The Morgan fingerprint density at radius 2 is 1.96 bits per heavy atom. The van der Waals surface area contributed by atoms with Crippen LogP contribution in [0.25, 0.3) is 0 Å². The lowest BCUT2D eigenvalue weighted by molar-refractivity contribution is -0.140. The number of nitrogens with zero attached hydrogens (tertiary/aromatic N) is 1. The first kappa shape index (κ1) is 17.4. The van der Waals surface area contributed by atoms with E-state index in [-0.39, 0.29) is 23.4 Å². The van der Waals surface area contributed by atoms with E-state index in [1.165, 1.54) is 13.2 Å². The number of rotatable bonds is 4. The summed E-state index contributed by atoms with van der Waals surface area (Å²) in [5, 5.41) is 9.22.